The van der Waals surface area contributed by atoms with Crippen LogP contribution in [-0.4, -0.2) is 47.4 Å². The van der Waals surface area contributed by atoms with Crippen LogP contribution in [0, 0.1) is 0 Å². The summed E-state index contributed by atoms with van der Waals surface area (Å²) in [5.41, 5.74) is 0. The second kappa shape index (κ2) is 80.0. The topological polar surface area (TPSA) is 95.9 Å². The van der Waals surface area contributed by atoms with Crippen molar-refractivity contribution in [2.75, 3.05) is 13.2 Å². The number of carbonyl (C=O) groups excluding carboxylic acids is 2. The SMILES string of the molecule is CCCCC/C=C\C/C=C\CCCCCCCCCC(=O)OCCCCCCCCCCCCC/C=C\C/C=C\CCCCCCCCCCCCCCCCCCCC(=O)NC(CO)C(O)/C=C/CCCCCCCCCCCCCCCCCCCCCC. The molecule has 0 radical (unpaired) electrons. The van der Waals surface area contributed by atoms with Gasteiger partial charge in [-0.15, -0.1) is 0 Å². The second-order valence-corrected chi connectivity index (χ2v) is 28.1. The highest BCUT2D eigenvalue weighted by molar-refractivity contribution is 5.76. The third kappa shape index (κ3) is 76.5. The average molecular weight is 1280 g/mol. The maximum atomic E-state index is 12.6. The Morgan fingerprint density at radius 1 is 0.308 bits per heavy atom. The van der Waals surface area contributed by atoms with Gasteiger partial charge in [0.1, 0.15) is 0 Å². The molecule has 2 unspecified atom stereocenters. The van der Waals surface area contributed by atoms with Crippen LogP contribution in [-0.2, 0) is 14.3 Å². The van der Waals surface area contributed by atoms with E-state index in [0.29, 0.717) is 19.4 Å². The molecule has 0 aromatic rings. The number of carbonyl (C=O) groups is 2. The van der Waals surface area contributed by atoms with Gasteiger partial charge in [-0.1, -0.05) is 396 Å². The zero-order chi connectivity index (χ0) is 65.6. The normalized spacial score (nSPS) is 12.8. The summed E-state index contributed by atoms with van der Waals surface area (Å²) in [5, 5.41) is 23.3. The monoisotopic (exact) mass is 1270 g/mol. The lowest BCUT2D eigenvalue weighted by Gasteiger charge is -2.20. The van der Waals surface area contributed by atoms with Gasteiger partial charge in [-0.3, -0.25) is 9.59 Å². The van der Waals surface area contributed by atoms with E-state index in [1.165, 1.54) is 360 Å². The quantitative estimate of drug-likeness (QED) is 0.0320. The number of esters is 1. The van der Waals surface area contributed by atoms with E-state index in [9.17, 15) is 19.8 Å². The van der Waals surface area contributed by atoms with Crippen LogP contribution < -0.4 is 5.32 Å². The summed E-state index contributed by atoms with van der Waals surface area (Å²) in [4.78, 5) is 24.7. The molecule has 534 valence electrons. The maximum Gasteiger partial charge on any atom is 0.305 e. The van der Waals surface area contributed by atoms with Gasteiger partial charge in [0.15, 0.2) is 0 Å². The first kappa shape index (κ1) is 88.6. The second-order valence-electron chi connectivity index (χ2n) is 28.1. The average Bonchev–Trinajstić information content (AvgIpc) is 3.59. The zero-order valence-corrected chi connectivity index (χ0v) is 61.3. The van der Waals surface area contributed by atoms with E-state index in [2.05, 4.69) is 67.8 Å². The van der Waals surface area contributed by atoms with Crippen LogP contribution in [0.3, 0.4) is 0 Å². The first-order valence-electron chi connectivity index (χ1n) is 41.1. The Morgan fingerprint density at radius 2 is 0.549 bits per heavy atom. The van der Waals surface area contributed by atoms with Gasteiger partial charge in [0, 0.05) is 12.8 Å². The Bertz CT molecular complexity index is 1570. The van der Waals surface area contributed by atoms with Crippen molar-refractivity contribution in [2.45, 2.75) is 456 Å². The Labute approximate surface area is 569 Å². The molecule has 6 heteroatoms. The van der Waals surface area contributed by atoms with Crippen molar-refractivity contribution in [3.05, 3.63) is 60.8 Å². The molecule has 3 N–H and O–H groups in total. The molecule has 0 spiro atoms. The summed E-state index contributed by atoms with van der Waals surface area (Å²) < 4.78 is 5.50. The smallest absolute Gasteiger partial charge is 0.305 e. The van der Waals surface area contributed by atoms with Gasteiger partial charge in [-0.05, 0) is 96.3 Å². The van der Waals surface area contributed by atoms with E-state index in [1.807, 2.05) is 6.08 Å². The van der Waals surface area contributed by atoms with Crippen LogP contribution in [0.5, 0.6) is 0 Å². The van der Waals surface area contributed by atoms with E-state index >= 15 is 0 Å². The number of ether oxygens (including phenoxy) is 1. The Balaban J connectivity index is 3.40. The number of hydrogen-bond acceptors (Lipinski definition) is 5. The third-order valence-electron chi connectivity index (χ3n) is 19.0. The molecule has 2 atom stereocenters. The van der Waals surface area contributed by atoms with Crippen molar-refractivity contribution in [3.63, 3.8) is 0 Å². The number of hydrogen-bond donors (Lipinski definition) is 3. The van der Waals surface area contributed by atoms with Crippen molar-refractivity contribution in [1.82, 2.24) is 5.32 Å². The van der Waals surface area contributed by atoms with Gasteiger partial charge < -0.3 is 20.3 Å². The molecule has 0 aromatic carbocycles. The highest BCUT2D eigenvalue weighted by Gasteiger charge is 2.18. The lowest BCUT2D eigenvalue weighted by molar-refractivity contribution is -0.143. The third-order valence-corrected chi connectivity index (χ3v) is 19.0. The number of unbranched alkanes of at least 4 members (excludes halogenated alkanes) is 58. The fraction of sp³-hybridized carbons (Fsp3) is 0.859. The molecule has 6 nitrogen and oxygen atoms in total. The summed E-state index contributed by atoms with van der Waals surface area (Å²) in [5.74, 6) is -0.0524. The zero-order valence-electron chi connectivity index (χ0n) is 61.3. The number of allylic oxidation sites excluding steroid dienone is 9. The lowest BCUT2D eigenvalue weighted by atomic mass is 10.0. The molecule has 0 bridgehead atoms. The van der Waals surface area contributed by atoms with Gasteiger partial charge in [0.05, 0.1) is 25.4 Å². The van der Waals surface area contributed by atoms with E-state index in [0.717, 1.165) is 57.8 Å². The summed E-state index contributed by atoms with van der Waals surface area (Å²) in [7, 11) is 0. The van der Waals surface area contributed by atoms with Crippen molar-refractivity contribution in [3.8, 4) is 0 Å². The van der Waals surface area contributed by atoms with Gasteiger partial charge in [-0.25, -0.2) is 0 Å². The fourth-order valence-electron chi connectivity index (χ4n) is 12.8. The molecule has 0 saturated heterocycles. The van der Waals surface area contributed by atoms with Gasteiger partial charge in [-0.2, -0.15) is 0 Å². The molecule has 1 amide bonds. The standard InChI is InChI=1S/C85H159NO5/c1-3-5-7-9-11-13-15-17-19-21-22-23-39-42-46-49-53-57-61-65-69-73-77-83(88)82(81-87)86-84(89)78-74-70-66-62-58-54-50-47-43-40-37-35-33-31-29-27-25-24-26-28-30-32-34-36-38-41-44-48-52-56-60-64-68-72-76-80-91-85(90)79-75-71-67-63-59-55-51-45-20-18-16-14-12-10-8-6-4-2/h12,14,18,20,26,28,32,34,73,77,82-83,87-88H,3-11,13,15-17,19,21-25,27,29-31,33,35-72,74-76,78-81H2,1-2H3,(H,86,89)/b14-12-,20-18-,28-26-,34-32-,77-73+. The fourth-order valence-corrected chi connectivity index (χ4v) is 12.8. The van der Waals surface area contributed by atoms with Gasteiger partial charge in [0.2, 0.25) is 5.91 Å². The van der Waals surface area contributed by atoms with Crippen molar-refractivity contribution >= 4 is 11.9 Å². The highest BCUT2D eigenvalue weighted by Crippen LogP contribution is 2.19. The predicted molar refractivity (Wildman–Crippen MR) is 402 cm³/mol. The highest BCUT2D eigenvalue weighted by atomic mass is 16.5. The summed E-state index contributed by atoms with van der Waals surface area (Å²) in [6, 6.07) is -0.628. The molecule has 0 aliphatic carbocycles. The minimum atomic E-state index is -0.845. The van der Waals surface area contributed by atoms with Crippen LogP contribution in [0.15, 0.2) is 60.8 Å². The summed E-state index contributed by atoms with van der Waals surface area (Å²) in [6.45, 7) is 4.92. The Morgan fingerprint density at radius 3 is 0.857 bits per heavy atom. The minimum absolute atomic E-state index is 0.00908. The van der Waals surface area contributed by atoms with E-state index < -0.39 is 12.1 Å². The molecule has 0 aromatic heterocycles. The molecule has 0 saturated carbocycles. The molecule has 0 aliphatic heterocycles. The lowest BCUT2D eigenvalue weighted by Crippen LogP contribution is -2.45. The molecule has 0 fully saturated rings. The van der Waals surface area contributed by atoms with E-state index in [1.54, 1.807) is 6.08 Å². The van der Waals surface area contributed by atoms with Crippen molar-refractivity contribution < 1.29 is 24.5 Å². The number of rotatable bonds is 77. The first-order chi connectivity index (χ1) is 45.0. The molecule has 91 heavy (non-hydrogen) atoms. The van der Waals surface area contributed by atoms with Gasteiger partial charge >= 0.3 is 5.97 Å². The maximum absolute atomic E-state index is 12.6. The number of aliphatic hydroxyl groups excluding tert-OH is 2. The Hall–Kier alpha value is -2.44. The largest absolute Gasteiger partial charge is 0.466 e. The molecular formula is C85H159NO5. The van der Waals surface area contributed by atoms with Crippen LogP contribution in [0.4, 0.5) is 0 Å². The summed E-state index contributed by atoms with van der Waals surface area (Å²) in [6.07, 6.45) is 108. The Kier molecular flexibility index (Phi) is 77.9. The predicted octanol–water partition coefficient (Wildman–Crippen LogP) is 27.3. The molecule has 0 heterocycles. The van der Waals surface area contributed by atoms with E-state index in [4.69, 9.17) is 4.74 Å². The van der Waals surface area contributed by atoms with Crippen LogP contribution in [0.25, 0.3) is 0 Å². The number of amides is 1. The van der Waals surface area contributed by atoms with Crippen LogP contribution >= 0.6 is 0 Å². The van der Waals surface area contributed by atoms with Crippen LogP contribution in [0.1, 0.15) is 444 Å². The molecule has 0 aliphatic rings. The van der Waals surface area contributed by atoms with Crippen molar-refractivity contribution in [2.24, 2.45) is 0 Å². The van der Waals surface area contributed by atoms with Crippen molar-refractivity contribution in [1.29, 1.82) is 0 Å². The molecular weight excluding hydrogens is 1110 g/mol. The number of nitrogens with one attached hydrogen (secondary N) is 1. The molecule has 0 rings (SSSR count). The summed E-state index contributed by atoms with van der Waals surface area (Å²) >= 11 is 0. The van der Waals surface area contributed by atoms with E-state index in [-0.39, 0.29) is 18.5 Å². The van der Waals surface area contributed by atoms with Crippen LogP contribution in [0.2, 0.25) is 0 Å². The first-order valence-corrected chi connectivity index (χ1v) is 41.1. The van der Waals surface area contributed by atoms with Gasteiger partial charge in [0.25, 0.3) is 0 Å². The minimum Gasteiger partial charge on any atom is -0.466 e. The number of aliphatic hydroxyl groups is 2.